The Balaban J connectivity index is 1.62. The van der Waals surface area contributed by atoms with Crippen molar-refractivity contribution >= 4 is 11.7 Å². The van der Waals surface area contributed by atoms with E-state index in [1.54, 1.807) is 19.1 Å². The number of aryl methyl sites for hydroxylation is 1. The Labute approximate surface area is 133 Å². The van der Waals surface area contributed by atoms with Crippen molar-refractivity contribution in [2.75, 3.05) is 11.9 Å². The van der Waals surface area contributed by atoms with Gasteiger partial charge in [0.2, 0.25) is 11.7 Å². The third kappa shape index (κ3) is 3.75. The lowest BCUT2D eigenvalue weighted by atomic mass is 10.1. The van der Waals surface area contributed by atoms with Gasteiger partial charge in [0.15, 0.2) is 0 Å². The molecule has 0 saturated heterocycles. The van der Waals surface area contributed by atoms with Crippen LogP contribution >= 0.6 is 0 Å². The van der Waals surface area contributed by atoms with Gasteiger partial charge in [-0.1, -0.05) is 29.4 Å². The molecule has 2 aromatic rings. The van der Waals surface area contributed by atoms with Crippen LogP contribution in [0.5, 0.6) is 0 Å². The second-order valence-corrected chi connectivity index (χ2v) is 5.49. The molecule has 23 heavy (non-hydrogen) atoms. The number of amides is 2. The Morgan fingerprint density at radius 3 is 3.00 bits per heavy atom. The van der Waals surface area contributed by atoms with Gasteiger partial charge in [-0.05, 0) is 18.6 Å². The number of benzene rings is 1. The standard InChI is InChI=1S/C16H18N4O3/c1-10-17-15(20-23-10)12-3-2-4-13(8-12)18-16(22)19-14-6-5-11(7-14)9-21/h2-6,8,11,14,21H,7,9H2,1H3,(H2,18,19,22)/t11-,14+/m0/s1. The highest BCUT2D eigenvalue weighted by molar-refractivity contribution is 5.90. The van der Waals surface area contributed by atoms with Gasteiger partial charge in [0.25, 0.3) is 0 Å². The average molecular weight is 314 g/mol. The van der Waals surface area contributed by atoms with Gasteiger partial charge in [-0.3, -0.25) is 0 Å². The van der Waals surface area contributed by atoms with E-state index in [4.69, 9.17) is 9.63 Å². The molecule has 0 fully saturated rings. The highest BCUT2D eigenvalue weighted by Gasteiger charge is 2.19. The summed E-state index contributed by atoms with van der Waals surface area (Å²) in [5.41, 5.74) is 1.41. The van der Waals surface area contributed by atoms with Crippen LogP contribution in [0.2, 0.25) is 0 Å². The summed E-state index contributed by atoms with van der Waals surface area (Å²) < 4.78 is 4.96. The normalized spacial score (nSPS) is 19.7. The fourth-order valence-electron chi connectivity index (χ4n) is 2.51. The maximum absolute atomic E-state index is 12.0. The first-order chi connectivity index (χ1) is 11.1. The van der Waals surface area contributed by atoms with Crippen molar-refractivity contribution in [3.63, 3.8) is 0 Å². The lowest BCUT2D eigenvalue weighted by Crippen LogP contribution is -2.36. The molecular formula is C16H18N4O3. The molecule has 0 radical (unpaired) electrons. The van der Waals surface area contributed by atoms with Gasteiger partial charge in [0.1, 0.15) is 0 Å². The number of aliphatic hydroxyl groups is 1. The lowest BCUT2D eigenvalue weighted by molar-refractivity contribution is 0.238. The Kier molecular flexibility index (Phi) is 4.38. The molecule has 3 N–H and O–H groups in total. The highest BCUT2D eigenvalue weighted by atomic mass is 16.5. The molecule has 1 aromatic carbocycles. The largest absolute Gasteiger partial charge is 0.396 e. The van der Waals surface area contributed by atoms with Crippen LogP contribution in [0, 0.1) is 12.8 Å². The summed E-state index contributed by atoms with van der Waals surface area (Å²) in [6.07, 6.45) is 4.54. The second kappa shape index (κ2) is 6.62. The zero-order valence-electron chi connectivity index (χ0n) is 12.7. The maximum atomic E-state index is 12.0. The van der Waals surface area contributed by atoms with E-state index in [9.17, 15) is 4.79 Å². The molecule has 7 nitrogen and oxygen atoms in total. The fourth-order valence-corrected chi connectivity index (χ4v) is 2.51. The molecular weight excluding hydrogens is 296 g/mol. The van der Waals surface area contributed by atoms with E-state index in [-0.39, 0.29) is 24.6 Å². The zero-order valence-corrected chi connectivity index (χ0v) is 12.7. The quantitative estimate of drug-likeness (QED) is 0.750. The number of aromatic nitrogens is 2. The number of hydrogen-bond acceptors (Lipinski definition) is 5. The van der Waals surface area contributed by atoms with Gasteiger partial charge in [-0.15, -0.1) is 0 Å². The first kappa shape index (κ1) is 15.2. The Morgan fingerprint density at radius 1 is 1.43 bits per heavy atom. The lowest BCUT2D eigenvalue weighted by Gasteiger charge is -2.13. The number of aliphatic hydroxyl groups excluding tert-OH is 1. The SMILES string of the molecule is Cc1nc(-c2cccc(NC(=O)N[C@@H]3C=C[C@H](CO)C3)c2)no1. The summed E-state index contributed by atoms with van der Waals surface area (Å²) in [4.78, 5) is 16.2. The Bertz CT molecular complexity index is 726. The number of hydrogen-bond donors (Lipinski definition) is 3. The molecule has 7 heteroatoms. The molecule has 1 heterocycles. The van der Waals surface area contributed by atoms with E-state index in [1.165, 1.54) is 0 Å². The molecule has 2 amide bonds. The van der Waals surface area contributed by atoms with E-state index in [0.29, 0.717) is 23.8 Å². The van der Waals surface area contributed by atoms with Gasteiger partial charge in [-0.2, -0.15) is 4.98 Å². The van der Waals surface area contributed by atoms with E-state index in [1.807, 2.05) is 24.3 Å². The van der Waals surface area contributed by atoms with Crippen LogP contribution in [0.4, 0.5) is 10.5 Å². The fraction of sp³-hybridized carbons (Fsp3) is 0.312. The maximum Gasteiger partial charge on any atom is 0.319 e. The van der Waals surface area contributed by atoms with Crippen molar-refractivity contribution in [1.82, 2.24) is 15.5 Å². The van der Waals surface area contributed by atoms with Crippen LogP contribution in [0.15, 0.2) is 40.9 Å². The van der Waals surface area contributed by atoms with Crippen LogP contribution in [-0.4, -0.2) is 33.9 Å². The third-order valence-corrected chi connectivity index (χ3v) is 3.63. The molecule has 1 aromatic heterocycles. The minimum atomic E-state index is -0.292. The van der Waals surface area contributed by atoms with Gasteiger partial charge >= 0.3 is 6.03 Å². The van der Waals surface area contributed by atoms with Crippen molar-refractivity contribution < 1.29 is 14.4 Å². The van der Waals surface area contributed by atoms with E-state index in [2.05, 4.69) is 20.8 Å². The van der Waals surface area contributed by atoms with Gasteiger partial charge in [-0.25, -0.2) is 4.79 Å². The molecule has 0 aliphatic heterocycles. The molecule has 0 bridgehead atoms. The number of nitrogens with zero attached hydrogens (tertiary/aromatic N) is 2. The van der Waals surface area contributed by atoms with Crippen molar-refractivity contribution in [2.45, 2.75) is 19.4 Å². The zero-order chi connectivity index (χ0) is 16.2. The number of urea groups is 1. The van der Waals surface area contributed by atoms with Crippen LogP contribution < -0.4 is 10.6 Å². The highest BCUT2D eigenvalue weighted by Crippen LogP contribution is 2.20. The smallest absolute Gasteiger partial charge is 0.319 e. The number of nitrogens with one attached hydrogen (secondary N) is 2. The van der Waals surface area contributed by atoms with Crippen LogP contribution in [0.1, 0.15) is 12.3 Å². The summed E-state index contributed by atoms with van der Waals surface area (Å²) in [5, 5.41) is 18.6. The molecule has 1 aliphatic carbocycles. The molecule has 120 valence electrons. The van der Waals surface area contributed by atoms with Crippen molar-refractivity contribution in [1.29, 1.82) is 0 Å². The molecule has 3 rings (SSSR count). The molecule has 0 spiro atoms. The van der Waals surface area contributed by atoms with Gasteiger partial charge < -0.3 is 20.3 Å². The molecule has 2 atom stereocenters. The monoisotopic (exact) mass is 314 g/mol. The number of carbonyl (C=O) groups is 1. The third-order valence-electron chi connectivity index (χ3n) is 3.63. The summed E-state index contributed by atoms with van der Waals surface area (Å²) in [5.74, 6) is 1.09. The van der Waals surface area contributed by atoms with Crippen LogP contribution in [0.25, 0.3) is 11.4 Å². The summed E-state index contributed by atoms with van der Waals surface area (Å²) in [6.45, 7) is 1.82. The van der Waals surface area contributed by atoms with E-state index < -0.39 is 0 Å². The molecule has 0 unspecified atom stereocenters. The van der Waals surface area contributed by atoms with Crippen molar-refractivity contribution in [3.05, 3.63) is 42.3 Å². The minimum absolute atomic E-state index is 0.0600. The average Bonchev–Trinajstić information content (AvgIpc) is 3.16. The van der Waals surface area contributed by atoms with Crippen LogP contribution in [-0.2, 0) is 0 Å². The van der Waals surface area contributed by atoms with E-state index in [0.717, 1.165) is 5.56 Å². The first-order valence-electron chi connectivity index (χ1n) is 7.41. The Morgan fingerprint density at radius 2 is 2.30 bits per heavy atom. The summed E-state index contributed by atoms with van der Waals surface area (Å²) in [6, 6.07) is 6.88. The Hall–Kier alpha value is -2.67. The first-order valence-corrected chi connectivity index (χ1v) is 7.41. The van der Waals surface area contributed by atoms with Crippen LogP contribution in [0.3, 0.4) is 0 Å². The van der Waals surface area contributed by atoms with Crippen molar-refractivity contribution in [3.8, 4) is 11.4 Å². The predicted octanol–water partition coefficient (Wildman–Crippen LogP) is 2.10. The molecule has 0 saturated carbocycles. The van der Waals surface area contributed by atoms with Crippen molar-refractivity contribution in [2.24, 2.45) is 5.92 Å². The topological polar surface area (TPSA) is 100 Å². The van der Waals surface area contributed by atoms with E-state index >= 15 is 0 Å². The van der Waals surface area contributed by atoms with Gasteiger partial charge in [0.05, 0.1) is 0 Å². The van der Waals surface area contributed by atoms with Gasteiger partial charge in [0, 0.05) is 36.7 Å². The minimum Gasteiger partial charge on any atom is -0.396 e. The summed E-state index contributed by atoms with van der Waals surface area (Å²) >= 11 is 0. The number of anilines is 1. The summed E-state index contributed by atoms with van der Waals surface area (Å²) in [7, 11) is 0. The molecule has 1 aliphatic rings. The number of carbonyl (C=O) groups excluding carboxylic acids is 1. The second-order valence-electron chi connectivity index (χ2n) is 5.49. The number of rotatable bonds is 4. The predicted molar refractivity (Wildman–Crippen MR) is 84.7 cm³/mol.